The number of hydrogen-bond acceptors (Lipinski definition) is 4. The van der Waals surface area contributed by atoms with Crippen molar-refractivity contribution in [2.45, 2.75) is 50.6 Å². The summed E-state index contributed by atoms with van der Waals surface area (Å²) in [7, 11) is 1.92. The fourth-order valence-corrected chi connectivity index (χ4v) is 3.29. The Morgan fingerprint density at radius 1 is 1.24 bits per heavy atom. The van der Waals surface area contributed by atoms with E-state index in [0.717, 1.165) is 32.1 Å². The summed E-state index contributed by atoms with van der Waals surface area (Å²) in [5, 5.41) is 28.5. The number of nitrogens with zero attached hydrogens (tertiary/aromatic N) is 1. The molecule has 2 rings (SSSR count). The third kappa shape index (κ3) is 3.67. The van der Waals surface area contributed by atoms with Gasteiger partial charge in [-0.25, -0.2) is 0 Å². The van der Waals surface area contributed by atoms with Crippen molar-refractivity contribution in [3.05, 3.63) is 23.8 Å². The molecule has 0 radical (unpaired) electrons. The highest BCUT2D eigenvalue weighted by atomic mass is 16.4. The average molecular weight is 293 g/mol. The van der Waals surface area contributed by atoms with Crippen molar-refractivity contribution in [2.24, 2.45) is 0 Å². The molecular formula is C16H23NO4. The summed E-state index contributed by atoms with van der Waals surface area (Å²) < 4.78 is 0. The number of aromatic hydroxyl groups is 2. The van der Waals surface area contributed by atoms with E-state index in [4.69, 9.17) is 0 Å². The molecule has 0 unspecified atom stereocenters. The van der Waals surface area contributed by atoms with E-state index in [1.54, 1.807) is 6.07 Å². The second-order valence-corrected chi connectivity index (χ2v) is 6.02. The van der Waals surface area contributed by atoms with E-state index in [1.807, 2.05) is 11.9 Å². The zero-order chi connectivity index (χ0) is 15.5. The van der Waals surface area contributed by atoms with Crippen LogP contribution in [0.15, 0.2) is 18.2 Å². The minimum atomic E-state index is -0.779. The van der Waals surface area contributed by atoms with Gasteiger partial charge in [0.15, 0.2) is 0 Å². The third-order valence-corrected chi connectivity index (χ3v) is 4.55. The molecule has 1 aliphatic rings. The minimum absolute atomic E-state index is 0.0248. The maximum atomic E-state index is 11.2. The molecule has 0 spiro atoms. The van der Waals surface area contributed by atoms with Gasteiger partial charge in [-0.05, 0) is 26.0 Å². The van der Waals surface area contributed by atoms with Crippen LogP contribution in [0.25, 0.3) is 0 Å². The van der Waals surface area contributed by atoms with Crippen molar-refractivity contribution in [2.75, 3.05) is 7.05 Å². The number of rotatable bonds is 5. The van der Waals surface area contributed by atoms with Gasteiger partial charge in [0.1, 0.15) is 11.5 Å². The lowest BCUT2D eigenvalue weighted by Gasteiger charge is -2.44. The van der Waals surface area contributed by atoms with Gasteiger partial charge in [-0.15, -0.1) is 0 Å². The van der Waals surface area contributed by atoms with E-state index in [1.165, 1.54) is 12.1 Å². The highest BCUT2D eigenvalue weighted by Gasteiger charge is 2.38. The molecule has 1 aliphatic carbocycles. The van der Waals surface area contributed by atoms with Crippen LogP contribution in [0.2, 0.25) is 0 Å². The monoisotopic (exact) mass is 293 g/mol. The van der Waals surface area contributed by atoms with Gasteiger partial charge < -0.3 is 15.3 Å². The normalized spacial score (nSPS) is 17.8. The lowest BCUT2D eigenvalue weighted by molar-refractivity contribution is -0.141. The second kappa shape index (κ2) is 6.35. The molecule has 5 nitrogen and oxygen atoms in total. The van der Waals surface area contributed by atoms with Gasteiger partial charge in [-0.3, -0.25) is 9.69 Å². The Morgan fingerprint density at radius 2 is 1.90 bits per heavy atom. The van der Waals surface area contributed by atoms with Crippen LogP contribution in [-0.4, -0.2) is 38.8 Å². The van der Waals surface area contributed by atoms with Crippen LogP contribution in [0.4, 0.5) is 0 Å². The van der Waals surface area contributed by atoms with Crippen molar-refractivity contribution < 1.29 is 20.1 Å². The number of phenols is 2. The van der Waals surface area contributed by atoms with E-state index in [-0.39, 0.29) is 23.5 Å². The molecule has 0 atom stereocenters. The van der Waals surface area contributed by atoms with Crippen LogP contribution in [0, 0.1) is 0 Å². The zero-order valence-electron chi connectivity index (χ0n) is 12.4. The van der Waals surface area contributed by atoms with E-state index < -0.39 is 5.97 Å². The molecule has 1 saturated carbocycles. The largest absolute Gasteiger partial charge is 0.508 e. The summed E-state index contributed by atoms with van der Waals surface area (Å²) in [6.07, 6.45) is 5.10. The number of phenolic OH excluding ortho intramolecular Hbond substituents is 2. The Bertz CT molecular complexity index is 509. The molecule has 5 heteroatoms. The first-order valence-corrected chi connectivity index (χ1v) is 7.37. The first-order valence-electron chi connectivity index (χ1n) is 7.37. The molecule has 0 bridgehead atoms. The van der Waals surface area contributed by atoms with Crippen molar-refractivity contribution in [1.29, 1.82) is 0 Å². The molecule has 21 heavy (non-hydrogen) atoms. The predicted molar refractivity (Wildman–Crippen MR) is 79.3 cm³/mol. The van der Waals surface area contributed by atoms with Crippen LogP contribution >= 0.6 is 0 Å². The summed E-state index contributed by atoms with van der Waals surface area (Å²) in [5.41, 5.74) is 0.361. The molecule has 1 aromatic rings. The highest BCUT2D eigenvalue weighted by molar-refractivity contribution is 5.68. The highest BCUT2D eigenvalue weighted by Crippen LogP contribution is 2.37. The molecule has 1 fully saturated rings. The minimum Gasteiger partial charge on any atom is -0.508 e. The number of carboxylic acid groups (broad SMARTS) is 1. The van der Waals surface area contributed by atoms with Crippen LogP contribution < -0.4 is 0 Å². The molecule has 3 N–H and O–H groups in total. The van der Waals surface area contributed by atoms with Gasteiger partial charge in [0.2, 0.25) is 0 Å². The standard InChI is InChI=1S/C16H23NO4/c1-17(11-12-5-6-13(18)9-14(12)19)16(10-15(20)21)7-3-2-4-8-16/h5-6,9,18-19H,2-4,7-8,10-11H2,1H3,(H,20,21). The van der Waals surface area contributed by atoms with Gasteiger partial charge >= 0.3 is 5.97 Å². The average Bonchev–Trinajstić information content (AvgIpc) is 2.42. The molecule has 0 aliphatic heterocycles. The predicted octanol–water partition coefficient (Wildman–Crippen LogP) is 2.71. The first kappa shape index (κ1) is 15.6. The summed E-state index contributed by atoms with van der Waals surface area (Å²) in [4.78, 5) is 13.3. The smallest absolute Gasteiger partial charge is 0.305 e. The molecule has 0 heterocycles. The summed E-state index contributed by atoms with van der Waals surface area (Å²) in [6.45, 7) is 0.472. The van der Waals surface area contributed by atoms with Crippen molar-refractivity contribution in [1.82, 2.24) is 4.90 Å². The Hall–Kier alpha value is -1.75. The number of hydrogen-bond donors (Lipinski definition) is 3. The van der Waals surface area contributed by atoms with Crippen LogP contribution in [0.5, 0.6) is 11.5 Å². The molecule has 116 valence electrons. The van der Waals surface area contributed by atoms with Gasteiger partial charge in [0.25, 0.3) is 0 Å². The maximum Gasteiger partial charge on any atom is 0.305 e. The van der Waals surface area contributed by atoms with Crippen LogP contribution in [0.3, 0.4) is 0 Å². The molecular weight excluding hydrogens is 270 g/mol. The van der Waals surface area contributed by atoms with Crippen molar-refractivity contribution in [3.63, 3.8) is 0 Å². The molecule has 0 saturated heterocycles. The van der Waals surface area contributed by atoms with E-state index >= 15 is 0 Å². The van der Waals surface area contributed by atoms with Gasteiger partial charge in [-0.1, -0.05) is 25.3 Å². The number of carboxylic acids is 1. The Morgan fingerprint density at radius 3 is 2.48 bits per heavy atom. The maximum absolute atomic E-state index is 11.2. The van der Waals surface area contributed by atoms with Crippen molar-refractivity contribution >= 4 is 5.97 Å². The topological polar surface area (TPSA) is 81.0 Å². The molecule has 1 aromatic carbocycles. The summed E-state index contributed by atoms with van der Waals surface area (Å²) >= 11 is 0. The number of aliphatic carboxylic acids is 1. The van der Waals surface area contributed by atoms with E-state index in [9.17, 15) is 20.1 Å². The molecule has 0 aromatic heterocycles. The fourth-order valence-electron chi connectivity index (χ4n) is 3.29. The van der Waals surface area contributed by atoms with Gasteiger partial charge in [0.05, 0.1) is 6.42 Å². The summed E-state index contributed by atoms with van der Waals surface area (Å²) in [6, 6.07) is 4.53. The second-order valence-electron chi connectivity index (χ2n) is 6.02. The first-order chi connectivity index (χ1) is 9.93. The SMILES string of the molecule is CN(Cc1ccc(O)cc1O)C1(CC(=O)O)CCCCC1. The summed E-state index contributed by atoms with van der Waals surface area (Å²) in [5.74, 6) is -0.710. The zero-order valence-corrected chi connectivity index (χ0v) is 12.4. The van der Waals surface area contributed by atoms with Crippen LogP contribution in [0.1, 0.15) is 44.1 Å². The number of benzene rings is 1. The Kier molecular flexibility index (Phi) is 4.73. The fraction of sp³-hybridized carbons (Fsp3) is 0.562. The third-order valence-electron chi connectivity index (χ3n) is 4.55. The Balaban J connectivity index is 2.17. The molecule has 0 amide bonds. The Labute approximate surface area is 124 Å². The van der Waals surface area contributed by atoms with Gasteiger partial charge in [-0.2, -0.15) is 0 Å². The lowest BCUT2D eigenvalue weighted by atomic mass is 9.78. The number of carbonyl (C=O) groups is 1. The van der Waals surface area contributed by atoms with Gasteiger partial charge in [0, 0.05) is 23.7 Å². The lowest BCUT2D eigenvalue weighted by Crippen LogP contribution is -2.49. The van der Waals surface area contributed by atoms with Crippen molar-refractivity contribution in [3.8, 4) is 11.5 Å². The van der Waals surface area contributed by atoms with Crippen LogP contribution in [-0.2, 0) is 11.3 Å². The van der Waals surface area contributed by atoms with E-state index in [2.05, 4.69) is 0 Å². The quantitative estimate of drug-likeness (QED) is 0.777. The van der Waals surface area contributed by atoms with E-state index in [0.29, 0.717) is 12.1 Å².